The molecule has 0 aliphatic rings. The van der Waals surface area contributed by atoms with Crippen LogP contribution >= 0.6 is 13.5 Å². The van der Waals surface area contributed by atoms with Crippen LogP contribution < -0.4 is 4.73 Å². The van der Waals surface area contributed by atoms with Gasteiger partial charge in [-0.25, -0.2) is 0 Å². The van der Waals surface area contributed by atoms with Gasteiger partial charge in [0.25, 0.3) is 0 Å². The largest absolute Gasteiger partial charge is 0.619 e. The molecule has 0 amide bonds. The zero-order chi connectivity index (χ0) is 5.11. The summed E-state index contributed by atoms with van der Waals surface area (Å²) in [6.07, 6.45) is 2.89. The van der Waals surface area contributed by atoms with Crippen molar-refractivity contribution in [1.82, 2.24) is 0 Å². The molecule has 46 valence electrons. The Morgan fingerprint density at radius 1 is 1.00 bits per heavy atom. The number of hydrogen-bond acceptors (Lipinski definition) is 1. The van der Waals surface area contributed by atoms with Crippen LogP contribution in [-0.4, -0.2) is 29.6 Å². The first-order valence-corrected chi connectivity index (χ1v) is 2.03. The zero-order valence-electron chi connectivity index (χ0n) is 4.24. The molecule has 0 radical (unpaired) electrons. The summed E-state index contributed by atoms with van der Waals surface area (Å²) in [4.78, 5) is 0. The fourth-order valence-electron chi connectivity index (χ4n) is 0.383. The molecule has 9 heavy (non-hydrogen) atoms. The summed E-state index contributed by atoms with van der Waals surface area (Å²) in [6.45, 7) is 0. The van der Waals surface area contributed by atoms with Crippen LogP contribution in [0.3, 0.4) is 0 Å². The normalized spacial score (nSPS) is 6.67. The second kappa shape index (κ2) is 6.42. The SMILES string of the molecule is S.[NaH].[O-][n+]1ccccc1. The van der Waals surface area contributed by atoms with Crippen molar-refractivity contribution in [2.75, 3.05) is 0 Å². The first-order valence-electron chi connectivity index (χ1n) is 2.03. The number of nitrogens with zero attached hydrogens (tertiary/aromatic N) is 1. The minimum Gasteiger partial charge on any atom is -0.619 e. The quantitative estimate of drug-likeness (QED) is 0.288. The molecule has 0 atom stereocenters. The summed E-state index contributed by atoms with van der Waals surface area (Å²) < 4.78 is 0.750. The van der Waals surface area contributed by atoms with E-state index in [9.17, 15) is 5.21 Å². The molecule has 0 aliphatic heterocycles. The maximum absolute atomic E-state index is 10.2. The maximum atomic E-state index is 10.2. The van der Waals surface area contributed by atoms with Crippen LogP contribution in [0, 0.1) is 5.21 Å². The maximum Gasteiger partial charge on any atom is 0.180 e. The second-order valence-corrected chi connectivity index (χ2v) is 1.24. The van der Waals surface area contributed by atoms with Crippen LogP contribution in [0.5, 0.6) is 0 Å². The second-order valence-electron chi connectivity index (χ2n) is 1.24. The Kier molecular flexibility index (Phi) is 8.58. The minimum absolute atomic E-state index is 0. The van der Waals surface area contributed by atoms with Gasteiger partial charge in [0.15, 0.2) is 12.4 Å². The molecular formula is C5H8NNaOS. The first kappa shape index (κ1) is 12.0. The fourth-order valence-corrected chi connectivity index (χ4v) is 0.383. The summed E-state index contributed by atoms with van der Waals surface area (Å²) in [7, 11) is 0. The van der Waals surface area contributed by atoms with E-state index < -0.39 is 0 Å². The van der Waals surface area contributed by atoms with E-state index in [4.69, 9.17) is 0 Å². The van der Waals surface area contributed by atoms with Crippen LogP contribution in [0.1, 0.15) is 0 Å². The van der Waals surface area contributed by atoms with Gasteiger partial charge in [-0.05, 0) is 0 Å². The van der Waals surface area contributed by atoms with E-state index in [1.165, 1.54) is 12.4 Å². The molecule has 1 aromatic rings. The van der Waals surface area contributed by atoms with E-state index in [0.29, 0.717) is 0 Å². The van der Waals surface area contributed by atoms with E-state index in [2.05, 4.69) is 0 Å². The Morgan fingerprint density at radius 3 is 1.67 bits per heavy atom. The number of hydrogen-bond donors (Lipinski definition) is 0. The molecule has 1 aromatic heterocycles. The van der Waals surface area contributed by atoms with Crippen LogP contribution in [0.2, 0.25) is 0 Å². The Bertz CT molecular complexity index is 147. The average Bonchev–Trinajstić information content (AvgIpc) is 1.69. The Balaban J connectivity index is 0. The number of aromatic nitrogens is 1. The molecule has 0 aliphatic carbocycles. The van der Waals surface area contributed by atoms with Crippen molar-refractivity contribution in [3.63, 3.8) is 0 Å². The van der Waals surface area contributed by atoms with Crippen molar-refractivity contribution < 1.29 is 4.73 Å². The molecular weight excluding hydrogens is 145 g/mol. The third kappa shape index (κ3) is 4.78. The molecule has 0 N–H and O–H groups in total. The molecule has 1 heterocycles. The standard InChI is InChI=1S/C5H5NO.Na.H2S.H/c7-6-4-2-1-3-5-6;;;/h1-5H;;1H2;. The summed E-state index contributed by atoms with van der Waals surface area (Å²) in [5, 5.41) is 10.2. The first-order chi connectivity index (χ1) is 3.39. The molecule has 0 spiro atoms. The van der Waals surface area contributed by atoms with Crippen LogP contribution in [0.4, 0.5) is 0 Å². The van der Waals surface area contributed by atoms with Crippen molar-refractivity contribution >= 4 is 43.1 Å². The van der Waals surface area contributed by atoms with Crippen molar-refractivity contribution in [3.8, 4) is 0 Å². The third-order valence-corrected chi connectivity index (χ3v) is 0.688. The van der Waals surface area contributed by atoms with Crippen LogP contribution in [-0.2, 0) is 0 Å². The Labute approximate surface area is 83.2 Å². The Morgan fingerprint density at radius 2 is 1.44 bits per heavy atom. The molecule has 0 unspecified atom stereocenters. The summed E-state index contributed by atoms with van der Waals surface area (Å²) >= 11 is 0. The van der Waals surface area contributed by atoms with Crippen molar-refractivity contribution in [3.05, 3.63) is 35.8 Å². The van der Waals surface area contributed by atoms with Gasteiger partial charge in [-0.2, -0.15) is 18.2 Å². The van der Waals surface area contributed by atoms with E-state index in [0.717, 1.165) is 4.73 Å². The van der Waals surface area contributed by atoms with Gasteiger partial charge < -0.3 is 5.21 Å². The van der Waals surface area contributed by atoms with Gasteiger partial charge in [-0.15, -0.1) is 0 Å². The fraction of sp³-hybridized carbons (Fsp3) is 0. The topological polar surface area (TPSA) is 26.9 Å². The van der Waals surface area contributed by atoms with Gasteiger partial charge in [0.05, 0.1) is 0 Å². The number of pyridine rings is 1. The summed E-state index contributed by atoms with van der Waals surface area (Å²) in [6, 6.07) is 5.18. The van der Waals surface area contributed by atoms with Crippen molar-refractivity contribution in [2.45, 2.75) is 0 Å². The molecule has 0 saturated carbocycles. The van der Waals surface area contributed by atoms with Gasteiger partial charge in [0, 0.05) is 12.1 Å². The molecule has 0 aromatic carbocycles. The summed E-state index contributed by atoms with van der Waals surface area (Å²) in [5.41, 5.74) is 0. The third-order valence-electron chi connectivity index (χ3n) is 0.688. The molecule has 2 nitrogen and oxygen atoms in total. The predicted molar refractivity (Wildman–Crippen MR) is 42.9 cm³/mol. The molecule has 4 heteroatoms. The van der Waals surface area contributed by atoms with Crippen LogP contribution in [0.15, 0.2) is 30.6 Å². The molecule has 0 saturated heterocycles. The molecule has 0 fully saturated rings. The number of rotatable bonds is 0. The van der Waals surface area contributed by atoms with Gasteiger partial charge in [0.2, 0.25) is 0 Å². The van der Waals surface area contributed by atoms with Crippen molar-refractivity contribution in [2.24, 2.45) is 0 Å². The van der Waals surface area contributed by atoms with Crippen LogP contribution in [0.25, 0.3) is 0 Å². The molecule has 0 bridgehead atoms. The van der Waals surface area contributed by atoms with E-state index in [1.807, 2.05) is 0 Å². The Hall–Kier alpha value is 0.300. The van der Waals surface area contributed by atoms with E-state index in [1.54, 1.807) is 18.2 Å². The minimum atomic E-state index is 0. The smallest absolute Gasteiger partial charge is 0.180 e. The average molecular weight is 153 g/mol. The zero-order valence-corrected chi connectivity index (χ0v) is 5.24. The van der Waals surface area contributed by atoms with E-state index >= 15 is 0 Å². The van der Waals surface area contributed by atoms with Crippen molar-refractivity contribution in [1.29, 1.82) is 0 Å². The summed E-state index contributed by atoms with van der Waals surface area (Å²) in [5.74, 6) is 0. The van der Waals surface area contributed by atoms with Gasteiger partial charge in [-0.1, -0.05) is 6.07 Å². The van der Waals surface area contributed by atoms with Gasteiger partial charge >= 0.3 is 29.6 Å². The molecule has 1 rings (SSSR count). The monoisotopic (exact) mass is 153 g/mol. The van der Waals surface area contributed by atoms with Gasteiger partial charge in [-0.3, -0.25) is 0 Å². The van der Waals surface area contributed by atoms with Gasteiger partial charge in [0.1, 0.15) is 0 Å². The van der Waals surface area contributed by atoms with E-state index in [-0.39, 0.29) is 43.1 Å². The predicted octanol–water partition coefficient (Wildman–Crippen LogP) is -0.216.